The average Bonchev–Trinajstić information content (AvgIpc) is 2.60. The number of nitrogens with zero attached hydrogens (tertiary/aromatic N) is 2. The Bertz CT molecular complexity index is 574. The van der Waals surface area contributed by atoms with E-state index in [1.54, 1.807) is 0 Å². The Morgan fingerprint density at radius 3 is 3.23 bits per heavy atom. The predicted molar refractivity (Wildman–Crippen MR) is 51.8 cm³/mol. The molecule has 0 fully saturated rings. The van der Waals surface area contributed by atoms with Gasteiger partial charge in [0.25, 0.3) is 0 Å². The van der Waals surface area contributed by atoms with Crippen molar-refractivity contribution in [3.05, 3.63) is 36.3 Å². The summed E-state index contributed by atoms with van der Waals surface area (Å²) in [5, 5.41) is 0. The summed E-state index contributed by atoms with van der Waals surface area (Å²) in [5.74, 6) is 0.961. The topological polar surface area (TPSA) is 33.1 Å². The number of rotatable bonds is 0. The number of hydrogen-bond donors (Lipinski definition) is 1. The van der Waals surface area contributed by atoms with Crippen LogP contribution in [0.3, 0.4) is 0 Å². The molecule has 3 heteroatoms. The number of aromatic amines is 1. The Kier molecular flexibility index (Phi) is 1.10. The molecule has 0 unspecified atom stereocenters. The molecule has 0 saturated heterocycles. The second-order valence-corrected chi connectivity index (χ2v) is 3.20. The molecule has 0 saturated carbocycles. The van der Waals surface area contributed by atoms with E-state index in [1.165, 1.54) is 5.52 Å². The second kappa shape index (κ2) is 2.13. The third-order valence-electron chi connectivity index (χ3n) is 2.24. The molecule has 0 bridgehead atoms. The minimum atomic E-state index is 0.961. The molecule has 0 amide bonds. The van der Waals surface area contributed by atoms with Crippen molar-refractivity contribution in [1.29, 1.82) is 0 Å². The van der Waals surface area contributed by atoms with Crippen LogP contribution in [-0.4, -0.2) is 14.4 Å². The van der Waals surface area contributed by atoms with Crippen LogP contribution in [0.5, 0.6) is 0 Å². The SMILES string of the molecule is Cc1nc2c(cc3ccccn32)[nH]1. The number of fused-ring (bicyclic) bond motifs is 3. The lowest BCUT2D eigenvalue weighted by atomic mass is 10.4. The van der Waals surface area contributed by atoms with Gasteiger partial charge in [0.05, 0.1) is 5.52 Å². The molecule has 0 radical (unpaired) electrons. The van der Waals surface area contributed by atoms with Gasteiger partial charge in [-0.3, -0.25) is 4.40 Å². The monoisotopic (exact) mass is 171 g/mol. The Morgan fingerprint density at radius 2 is 2.31 bits per heavy atom. The van der Waals surface area contributed by atoms with Gasteiger partial charge in [0, 0.05) is 11.7 Å². The van der Waals surface area contributed by atoms with Crippen molar-refractivity contribution in [2.24, 2.45) is 0 Å². The molecule has 0 spiro atoms. The number of aryl methyl sites for hydroxylation is 1. The fourth-order valence-electron chi connectivity index (χ4n) is 1.70. The van der Waals surface area contributed by atoms with Crippen LogP contribution in [0.2, 0.25) is 0 Å². The van der Waals surface area contributed by atoms with Gasteiger partial charge in [-0.05, 0) is 25.1 Å². The van der Waals surface area contributed by atoms with Gasteiger partial charge in [-0.25, -0.2) is 4.98 Å². The minimum absolute atomic E-state index is 0.961. The summed E-state index contributed by atoms with van der Waals surface area (Å²) in [6, 6.07) is 8.22. The van der Waals surface area contributed by atoms with E-state index in [1.807, 2.05) is 25.3 Å². The first kappa shape index (κ1) is 6.71. The van der Waals surface area contributed by atoms with Crippen molar-refractivity contribution >= 4 is 16.7 Å². The van der Waals surface area contributed by atoms with E-state index in [-0.39, 0.29) is 0 Å². The molecule has 3 nitrogen and oxygen atoms in total. The molecule has 3 heterocycles. The number of nitrogens with one attached hydrogen (secondary N) is 1. The molecule has 0 aromatic carbocycles. The molecule has 0 aliphatic carbocycles. The Labute approximate surface area is 75.0 Å². The zero-order valence-electron chi connectivity index (χ0n) is 7.28. The second-order valence-electron chi connectivity index (χ2n) is 3.20. The molecule has 0 atom stereocenters. The van der Waals surface area contributed by atoms with Crippen molar-refractivity contribution in [2.75, 3.05) is 0 Å². The summed E-state index contributed by atoms with van der Waals surface area (Å²) in [6.45, 7) is 1.97. The van der Waals surface area contributed by atoms with E-state index >= 15 is 0 Å². The van der Waals surface area contributed by atoms with E-state index in [2.05, 4.69) is 26.5 Å². The normalized spacial score (nSPS) is 11.5. The molecular formula is C10H9N3. The highest BCUT2D eigenvalue weighted by molar-refractivity contribution is 5.81. The van der Waals surface area contributed by atoms with Gasteiger partial charge in [-0.1, -0.05) is 6.07 Å². The van der Waals surface area contributed by atoms with Crippen LogP contribution in [0.25, 0.3) is 16.7 Å². The number of aromatic nitrogens is 3. The maximum atomic E-state index is 4.41. The van der Waals surface area contributed by atoms with Crippen LogP contribution in [0.4, 0.5) is 0 Å². The van der Waals surface area contributed by atoms with Gasteiger partial charge >= 0.3 is 0 Å². The van der Waals surface area contributed by atoms with Gasteiger partial charge in [-0.15, -0.1) is 0 Å². The molecule has 3 aromatic rings. The van der Waals surface area contributed by atoms with E-state index in [4.69, 9.17) is 0 Å². The molecule has 3 aromatic heterocycles. The highest BCUT2D eigenvalue weighted by Crippen LogP contribution is 2.16. The van der Waals surface area contributed by atoms with Gasteiger partial charge in [0.2, 0.25) is 0 Å². The van der Waals surface area contributed by atoms with Crippen LogP contribution in [0.1, 0.15) is 5.82 Å². The Morgan fingerprint density at radius 1 is 1.38 bits per heavy atom. The van der Waals surface area contributed by atoms with Crippen molar-refractivity contribution < 1.29 is 0 Å². The molecule has 0 aliphatic heterocycles. The molecular weight excluding hydrogens is 162 g/mol. The highest BCUT2D eigenvalue weighted by atomic mass is 15.0. The smallest absolute Gasteiger partial charge is 0.163 e. The van der Waals surface area contributed by atoms with Gasteiger partial charge < -0.3 is 4.98 Å². The lowest BCUT2D eigenvalue weighted by Crippen LogP contribution is -1.82. The first-order valence-corrected chi connectivity index (χ1v) is 4.27. The van der Waals surface area contributed by atoms with Crippen LogP contribution in [0.15, 0.2) is 30.5 Å². The minimum Gasteiger partial charge on any atom is -0.341 e. The zero-order chi connectivity index (χ0) is 8.84. The quantitative estimate of drug-likeness (QED) is 0.552. The van der Waals surface area contributed by atoms with E-state index in [9.17, 15) is 0 Å². The van der Waals surface area contributed by atoms with Crippen LogP contribution in [0, 0.1) is 6.92 Å². The van der Waals surface area contributed by atoms with Crippen molar-refractivity contribution in [3.63, 3.8) is 0 Å². The molecule has 13 heavy (non-hydrogen) atoms. The van der Waals surface area contributed by atoms with Crippen molar-refractivity contribution in [2.45, 2.75) is 6.92 Å². The highest BCUT2D eigenvalue weighted by Gasteiger charge is 2.04. The van der Waals surface area contributed by atoms with E-state index in [0.29, 0.717) is 0 Å². The maximum absolute atomic E-state index is 4.41. The van der Waals surface area contributed by atoms with Gasteiger partial charge in [-0.2, -0.15) is 0 Å². The number of H-pyrrole nitrogens is 1. The van der Waals surface area contributed by atoms with Crippen LogP contribution in [-0.2, 0) is 0 Å². The molecule has 1 N–H and O–H groups in total. The summed E-state index contributed by atoms with van der Waals surface area (Å²) in [5.41, 5.74) is 3.29. The standard InChI is InChI=1S/C10H9N3/c1-7-11-9-6-8-4-2-3-5-13(8)10(9)12-7/h2-6H,1H3,(H,11,12). The van der Waals surface area contributed by atoms with Crippen LogP contribution < -0.4 is 0 Å². The zero-order valence-corrected chi connectivity index (χ0v) is 7.28. The number of pyridine rings is 1. The van der Waals surface area contributed by atoms with E-state index in [0.717, 1.165) is 17.0 Å². The Hall–Kier alpha value is -1.77. The summed E-state index contributed by atoms with van der Waals surface area (Å²) in [6.07, 6.45) is 2.03. The molecule has 64 valence electrons. The lowest BCUT2D eigenvalue weighted by Gasteiger charge is -1.91. The first-order valence-electron chi connectivity index (χ1n) is 4.27. The molecule has 3 rings (SSSR count). The first-order chi connectivity index (χ1) is 6.34. The number of imidazole rings is 1. The fourth-order valence-corrected chi connectivity index (χ4v) is 1.70. The Balaban J connectivity index is 2.60. The maximum Gasteiger partial charge on any atom is 0.163 e. The average molecular weight is 171 g/mol. The van der Waals surface area contributed by atoms with E-state index < -0.39 is 0 Å². The number of hydrogen-bond acceptors (Lipinski definition) is 1. The lowest BCUT2D eigenvalue weighted by molar-refractivity contribution is 1.13. The largest absolute Gasteiger partial charge is 0.341 e. The summed E-state index contributed by atoms with van der Waals surface area (Å²) in [7, 11) is 0. The molecule has 0 aliphatic rings. The third kappa shape index (κ3) is 0.811. The summed E-state index contributed by atoms with van der Waals surface area (Å²) in [4.78, 5) is 7.62. The summed E-state index contributed by atoms with van der Waals surface area (Å²) < 4.78 is 2.08. The predicted octanol–water partition coefficient (Wildman–Crippen LogP) is 2.12. The van der Waals surface area contributed by atoms with Gasteiger partial charge in [0.15, 0.2) is 5.65 Å². The summed E-state index contributed by atoms with van der Waals surface area (Å²) >= 11 is 0. The van der Waals surface area contributed by atoms with Gasteiger partial charge in [0.1, 0.15) is 5.82 Å². The van der Waals surface area contributed by atoms with Crippen molar-refractivity contribution in [3.8, 4) is 0 Å². The fraction of sp³-hybridized carbons (Fsp3) is 0.100. The third-order valence-corrected chi connectivity index (χ3v) is 2.24. The van der Waals surface area contributed by atoms with Crippen molar-refractivity contribution in [1.82, 2.24) is 14.4 Å². The van der Waals surface area contributed by atoms with Crippen LogP contribution >= 0.6 is 0 Å².